The molecule has 3 heteroatoms. The predicted octanol–water partition coefficient (Wildman–Crippen LogP) is 4.34. The summed E-state index contributed by atoms with van der Waals surface area (Å²) in [4.78, 5) is 17.7. The molecule has 4 aromatic rings. The molecule has 2 aromatic heterocycles. The lowest BCUT2D eigenvalue weighted by molar-refractivity contribution is 0.103. The maximum atomic E-state index is 13.1. The predicted molar refractivity (Wildman–Crippen MR) is 92.0 cm³/mol. The number of nitrogens with zero attached hydrogens (tertiary/aromatic N) is 2. The number of hydrogen-bond donors (Lipinski definition) is 0. The van der Waals surface area contributed by atoms with Gasteiger partial charge in [0.15, 0.2) is 0 Å². The van der Waals surface area contributed by atoms with Gasteiger partial charge in [0.1, 0.15) is 5.65 Å². The standard InChI is InChI=1S/C20H16N2O/c1-13-7-3-5-9-16(13)19(23)18-11-15-8-4-6-10-17(15)20-21-14(2)12-22(18)20/h3-12H,1-2H3. The Balaban J connectivity index is 2.06. The normalized spacial score (nSPS) is 11.2. The van der Waals surface area contributed by atoms with Gasteiger partial charge in [-0.25, -0.2) is 4.98 Å². The molecule has 0 saturated carbocycles. The lowest BCUT2D eigenvalue weighted by atomic mass is 10.0. The number of aromatic nitrogens is 2. The van der Waals surface area contributed by atoms with E-state index in [4.69, 9.17) is 0 Å². The molecule has 0 aliphatic carbocycles. The number of benzene rings is 2. The number of hydrogen-bond acceptors (Lipinski definition) is 2. The van der Waals surface area contributed by atoms with Crippen molar-refractivity contribution in [2.45, 2.75) is 13.8 Å². The first kappa shape index (κ1) is 13.7. The number of aryl methyl sites for hydroxylation is 2. The largest absolute Gasteiger partial charge is 0.296 e. The molecular weight excluding hydrogens is 284 g/mol. The quantitative estimate of drug-likeness (QED) is 0.516. The lowest BCUT2D eigenvalue weighted by Gasteiger charge is -2.09. The van der Waals surface area contributed by atoms with Crippen molar-refractivity contribution in [3.05, 3.63) is 83.3 Å². The molecule has 2 aromatic carbocycles. The fourth-order valence-corrected chi connectivity index (χ4v) is 3.06. The Bertz CT molecular complexity index is 1060. The van der Waals surface area contributed by atoms with E-state index in [1.54, 1.807) is 0 Å². The van der Waals surface area contributed by atoms with Crippen molar-refractivity contribution < 1.29 is 4.79 Å². The van der Waals surface area contributed by atoms with Crippen molar-refractivity contribution in [3.8, 4) is 0 Å². The van der Waals surface area contributed by atoms with Crippen molar-refractivity contribution in [2.75, 3.05) is 0 Å². The Hall–Kier alpha value is -2.94. The third-order valence-electron chi connectivity index (χ3n) is 4.20. The van der Waals surface area contributed by atoms with Crippen LogP contribution in [0.5, 0.6) is 0 Å². The van der Waals surface area contributed by atoms with Crippen LogP contribution < -0.4 is 0 Å². The van der Waals surface area contributed by atoms with Crippen LogP contribution in [0, 0.1) is 13.8 Å². The van der Waals surface area contributed by atoms with Crippen molar-refractivity contribution in [1.29, 1.82) is 0 Å². The molecular formula is C20H16N2O. The molecule has 0 amide bonds. The molecule has 0 unspecified atom stereocenters. The first-order chi connectivity index (χ1) is 11.1. The van der Waals surface area contributed by atoms with Crippen LogP contribution in [-0.4, -0.2) is 15.2 Å². The molecule has 0 aliphatic rings. The third-order valence-corrected chi connectivity index (χ3v) is 4.20. The number of fused-ring (bicyclic) bond motifs is 3. The topological polar surface area (TPSA) is 34.4 Å². The first-order valence-electron chi connectivity index (χ1n) is 7.63. The summed E-state index contributed by atoms with van der Waals surface area (Å²) in [7, 11) is 0. The zero-order valence-electron chi connectivity index (χ0n) is 13.1. The molecule has 4 rings (SSSR count). The second kappa shape index (κ2) is 5.06. The van der Waals surface area contributed by atoms with Gasteiger partial charge in [-0.05, 0) is 30.9 Å². The van der Waals surface area contributed by atoms with Crippen molar-refractivity contribution in [3.63, 3.8) is 0 Å². The highest BCUT2D eigenvalue weighted by molar-refractivity contribution is 6.11. The zero-order chi connectivity index (χ0) is 16.0. The third kappa shape index (κ3) is 2.13. The van der Waals surface area contributed by atoms with E-state index in [2.05, 4.69) is 4.98 Å². The summed E-state index contributed by atoms with van der Waals surface area (Å²) in [5, 5.41) is 2.09. The summed E-state index contributed by atoms with van der Waals surface area (Å²) in [6.07, 6.45) is 1.92. The molecule has 0 aliphatic heterocycles. The summed E-state index contributed by atoms with van der Waals surface area (Å²) in [5.74, 6) is 0.0243. The van der Waals surface area contributed by atoms with Gasteiger partial charge >= 0.3 is 0 Å². The highest BCUT2D eigenvalue weighted by Crippen LogP contribution is 2.24. The number of carbonyl (C=O) groups is 1. The fraction of sp³-hybridized carbons (Fsp3) is 0.100. The van der Waals surface area contributed by atoms with E-state index in [1.165, 1.54) is 0 Å². The number of ketones is 1. The monoisotopic (exact) mass is 300 g/mol. The first-order valence-corrected chi connectivity index (χ1v) is 7.63. The van der Waals surface area contributed by atoms with Crippen LogP contribution in [0.2, 0.25) is 0 Å². The fourth-order valence-electron chi connectivity index (χ4n) is 3.06. The minimum absolute atomic E-state index is 0.0243. The second-order valence-electron chi connectivity index (χ2n) is 5.84. The van der Waals surface area contributed by atoms with E-state index in [-0.39, 0.29) is 5.78 Å². The van der Waals surface area contributed by atoms with Gasteiger partial charge in [0.2, 0.25) is 5.78 Å². The Kier molecular flexibility index (Phi) is 3.01. The average molecular weight is 300 g/mol. The van der Waals surface area contributed by atoms with Crippen LogP contribution in [0.1, 0.15) is 27.3 Å². The SMILES string of the molecule is Cc1cn2c(C(=O)c3ccccc3C)cc3ccccc3c2n1. The van der Waals surface area contributed by atoms with E-state index < -0.39 is 0 Å². The molecule has 2 heterocycles. The van der Waals surface area contributed by atoms with Gasteiger partial charge in [0.05, 0.1) is 11.4 Å². The maximum absolute atomic E-state index is 13.1. The Labute approximate surface area is 134 Å². The molecule has 0 atom stereocenters. The van der Waals surface area contributed by atoms with E-state index >= 15 is 0 Å². The summed E-state index contributed by atoms with van der Waals surface area (Å²) >= 11 is 0. The number of pyridine rings is 1. The molecule has 112 valence electrons. The summed E-state index contributed by atoms with van der Waals surface area (Å²) in [6, 6.07) is 17.7. The summed E-state index contributed by atoms with van der Waals surface area (Å²) in [6.45, 7) is 3.91. The second-order valence-corrected chi connectivity index (χ2v) is 5.84. The molecule has 0 saturated heterocycles. The van der Waals surface area contributed by atoms with Crippen LogP contribution in [0.15, 0.2) is 60.8 Å². The molecule has 23 heavy (non-hydrogen) atoms. The summed E-state index contributed by atoms with van der Waals surface area (Å²) < 4.78 is 1.91. The van der Waals surface area contributed by atoms with E-state index in [0.717, 1.165) is 33.2 Å². The molecule has 3 nitrogen and oxygen atoms in total. The summed E-state index contributed by atoms with van der Waals surface area (Å²) in [5.41, 5.74) is 4.09. The van der Waals surface area contributed by atoms with Crippen molar-refractivity contribution >= 4 is 22.2 Å². The minimum atomic E-state index is 0.0243. The van der Waals surface area contributed by atoms with E-state index in [1.807, 2.05) is 79.0 Å². The van der Waals surface area contributed by atoms with Crippen LogP contribution in [-0.2, 0) is 0 Å². The average Bonchev–Trinajstić information content (AvgIpc) is 2.95. The highest BCUT2D eigenvalue weighted by Gasteiger charge is 2.17. The van der Waals surface area contributed by atoms with Gasteiger partial charge in [-0.1, -0.05) is 48.5 Å². The maximum Gasteiger partial charge on any atom is 0.210 e. The molecule has 0 fully saturated rings. The Morgan fingerprint density at radius 3 is 2.57 bits per heavy atom. The van der Waals surface area contributed by atoms with Crippen LogP contribution in [0.25, 0.3) is 16.4 Å². The van der Waals surface area contributed by atoms with Gasteiger partial charge in [0, 0.05) is 17.1 Å². The van der Waals surface area contributed by atoms with Gasteiger partial charge in [-0.15, -0.1) is 0 Å². The van der Waals surface area contributed by atoms with Crippen LogP contribution >= 0.6 is 0 Å². The van der Waals surface area contributed by atoms with Gasteiger partial charge in [-0.2, -0.15) is 0 Å². The Morgan fingerprint density at radius 2 is 1.74 bits per heavy atom. The van der Waals surface area contributed by atoms with Crippen molar-refractivity contribution in [1.82, 2.24) is 9.38 Å². The molecule has 0 spiro atoms. The molecule has 0 bridgehead atoms. The number of imidazole rings is 1. The Morgan fingerprint density at radius 1 is 1.00 bits per heavy atom. The van der Waals surface area contributed by atoms with Crippen LogP contribution in [0.3, 0.4) is 0 Å². The highest BCUT2D eigenvalue weighted by atomic mass is 16.1. The van der Waals surface area contributed by atoms with Gasteiger partial charge in [0.25, 0.3) is 0 Å². The van der Waals surface area contributed by atoms with E-state index in [0.29, 0.717) is 5.69 Å². The van der Waals surface area contributed by atoms with Gasteiger partial charge in [-0.3, -0.25) is 9.20 Å². The molecule has 0 radical (unpaired) electrons. The number of rotatable bonds is 2. The van der Waals surface area contributed by atoms with Crippen LogP contribution in [0.4, 0.5) is 0 Å². The van der Waals surface area contributed by atoms with Gasteiger partial charge < -0.3 is 0 Å². The lowest BCUT2D eigenvalue weighted by Crippen LogP contribution is -2.09. The minimum Gasteiger partial charge on any atom is -0.296 e. The van der Waals surface area contributed by atoms with E-state index in [9.17, 15) is 4.79 Å². The smallest absolute Gasteiger partial charge is 0.210 e. The van der Waals surface area contributed by atoms with Crippen molar-refractivity contribution in [2.24, 2.45) is 0 Å². The molecule has 0 N–H and O–H groups in total. The zero-order valence-corrected chi connectivity index (χ0v) is 13.1. The number of carbonyl (C=O) groups excluding carboxylic acids is 1.